The van der Waals surface area contributed by atoms with Gasteiger partial charge in [-0.2, -0.15) is 8.61 Å². The number of hydrogen-bond donors (Lipinski definition) is 1. The van der Waals surface area contributed by atoms with Gasteiger partial charge in [0, 0.05) is 38.8 Å². The normalized spacial score (nSPS) is 19.6. The number of nitrogens with zero attached hydrogens (tertiary/aromatic N) is 2. The zero-order chi connectivity index (χ0) is 27.3. The first kappa shape index (κ1) is 28.3. The molecule has 2 aromatic carbocycles. The van der Waals surface area contributed by atoms with Crippen molar-refractivity contribution in [1.29, 1.82) is 0 Å². The Labute approximate surface area is 225 Å². The summed E-state index contributed by atoms with van der Waals surface area (Å²) in [7, 11) is -4.56. The minimum atomic E-state index is -3.91. The van der Waals surface area contributed by atoms with Crippen LogP contribution >= 0.6 is 0 Å². The summed E-state index contributed by atoms with van der Waals surface area (Å²) in [6, 6.07) is 11.1. The van der Waals surface area contributed by atoms with Gasteiger partial charge in [-0.1, -0.05) is 18.6 Å². The number of hydrogen-bond acceptors (Lipinski definition) is 7. The van der Waals surface area contributed by atoms with Crippen LogP contribution in [-0.2, 0) is 31.4 Å². The maximum atomic E-state index is 13.4. The van der Waals surface area contributed by atoms with E-state index in [2.05, 4.69) is 5.32 Å². The Morgan fingerprint density at radius 1 is 0.868 bits per heavy atom. The lowest BCUT2D eigenvalue weighted by Crippen LogP contribution is -2.45. The number of carbonyl (C=O) groups is 1. The molecule has 0 unspecified atom stereocenters. The van der Waals surface area contributed by atoms with Crippen molar-refractivity contribution < 1.29 is 31.1 Å². The number of methoxy groups -OCH3 is 2. The highest BCUT2D eigenvalue weighted by Gasteiger charge is 2.35. The van der Waals surface area contributed by atoms with Gasteiger partial charge in [-0.25, -0.2) is 16.8 Å². The summed E-state index contributed by atoms with van der Waals surface area (Å²) in [6.45, 7) is 1.66. The molecule has 12 heteroatoms. The van der Waals surface area contributed by atoms with Crippen LogP contribution in [0.25, 0.3) is 0 Å². The number of carbonyl (C=O) groups excluding carboxylic acids is 1. The largest absolute Gasteiger partial charge is 0.497 e. The van der Waals surface area contributed by atoms with Crippen LogP contribution in [0.4, 0.5) is 0 Å². The van der Waals surface area contributed by atoms with Crippen LogP contribution in [0.1, 0.15) is 37.7 Å². The average molecular weight is 566 g/mol. The SMILES string of the molecule is COc1ccc(OC)c(S(=O)(=O)N2CCC[C@H](C(=O)NCc3ccc(S(=O)(=O)N4CCCCC4)cc3)C2)c1. The third-order valence-corrected chi connectivity index (χ3v) is 10.9. The van der Waals surface area contributed by atoms with E-state index >= 15 is 0 Å². The molecule has 10 nitrogen and oxygen atoms in total. The highest BCUT2D eigenvalue weighted by atomic mass is 32.2. The lowest BCUT2D eigenvalue weighted by Gasteiger charge is -2.31. The maximum Gasteiger partial charge on any atom is 0.246 e. The molecule has 208 valence electrons. The van der Waals surface area contributed by atoms with Gasteiger partial charge in [-0.3, -0.25) is 4.79 Å². The average Bonchev–Trinajstić information content (AvgIpc) is 2.96. The van der Waals surface area contributed by atoms with Gasteiger partial charge < -0.3 is 14.8 Å². The molecule has 2 aliphatic heterocycles. The Hall–Kier alpha value is -2.67. The Balaban J connectivity index is 1.38. The van der Waals surface area contributed by atoms with Gasteiger partial charge in [0.25, 0.3) is 0 Å². The Morgan fingerprint density at radius 3 is 2.21 bits per heavy atom. The summed E-state index contributed by atoms with van der Waals surface area (Å²) in [6.07, 6.45) is 3.91. The van der Waals surface area contributed by atoms with Crippen molar-refractivity contribution in [1.82, 2.24) is 13.9 Å². The summed E-state index contributed by atoms with van der Waals surface area (Å²) < 4.78 is 65.8. The van der Waals surface area contributed by atoms with Crippen molar-refractivity contribution in [3.8, 4) is 11.5 Å². The molecule has 1 N–H and O–H groups in total. The molecule has 4 rings (SSSR count). The number of nitrogens with one attached hydrogen (secondary N) is 1. The second kappa shape index (κ2) is 12.0. The van der Waals surface area contributed by atoms with E-state index in [1.807, 2.05) is 0 Å². The molecule has 0 spiro atoms. The molecule has 0 saturated carbocycles. The summed E-state index contributed by atoms with van der Waals surface area (Å²) in [4.78, 5) is 13.2. The summed E-state index contributed by atoms with van der Waals surface area (Å²) in [5.74, 6) is -0.144. The standard InChI is InChI=1S/C26H35N3O7S2/c1-35-22-10-13-24(36-2)25(17-22)38(33,34)29-16-6-7-21(19-29)26(30)27-18-20-8-11-23(12-9-20)37(31,32)28-14-4-3-5-15-28/h8-13,17,21H,3-7,14-16,18-19H2,1-2H3,(H,27,30)/t21-/m0/s1. The van der Waals surface area contributed by atoms with E-state index in [1.165, 1.54) is 28.9 Å². The van der Waals surface area contributed by atoms with E-state index in [0.29, 0.717) is 38.2 Å². The third-order valence-electron chi connectivity index (χ3n) is 7.09. The number of amides is 1. The fraction of sp³-hybridized carbons (Fsp3) is 0.500. The lowest BCUT2D eigenvalue weighted by molar-refractivity contribution is -0.126. The van der Waals surface area contributed by atoms with Crippen LogP contribution in [0.2, 0.25) is 0 Å². The first-order chi connectivity index (χ1) is 18.2. The molecule has 2 aromatic rings. The van der Waals surface area contributed by atoms with Crippen LogP contribution in [0.5, 0.6) is 11.5 Å². The number of benzene rings is 2. The van der Waals surface area contributed by atoms with Gasteiger partial charge in [0.1, 0.15) is 16.4 Å². The fourth-order valence-corrected chi connectivity index (χ4v) is 8.08. The van der Waals surface area contributed by atoms with E-state index in [-0.39, 0.29) is 34.5 Å². The van der Waals surface area contributed by atoms with Gasteiger partial charge in [-0.15, -0.1) is 0 Å². The van der Waals surface area contributed by atoms with E-state index in [4.69, 9.17) is 9.47 Å². The van der Waals surface area contributed by atoms with Gasteiger partial charge in [0.15, 0.2) is 0 Å². The fourth-order valence-electron chi connectivity index (χ4n) is 4.87. The van der Waals surface area contributed by atoms with Crippen molar-refractivity contribution in [2.75, 3.05) is 40.4 Å². The summed E-state index contributed by atoms with van der Waals surface area (Å²) in [5.41, 5.74) is 0.761. The van der Waals surface area contributed by atoms with E-state index in [1.54, 1.807) is 36.4 Å². The molecule has 0 bridgehead atoms. The predicted octanol–water partition coefficient (Wildman–Crippen LogP) is 2.60. The van der Waals surface area contributed by atoms with Gasteiger partial charge in [0.2, 0.25) is 26.0 Å². The summed E-state index contributed by atoms with van der Waals surface area (Å²) in [5, 5.41) is 2.88. The van der Waals surface area contributed by atoms with Crippen molar-refractivity contribution in [2.45, 2.75) is 48.4 Å². The van der Waals surface area contributed by atoms with Gasteiger partial charge >= 0.3 is 0 Å². The second-order valence-electron chi connectivity index (χ2n) is 9.55. The molecule has 1 amide bonds. The minimum Gasteiger partial charge on any atom is -0.497 e. The van der Waals surface area contributed by atoms with Crippen molar-refractivity contribution in [3.63, 3.8) is 0 Å². The van der Waals surface area contributed by atoms with Crippen molar-refractivity contribution in [3.05, 3.63) is 48.0 Å². The molecule has 2 saturated heterocycles. The number of sulfonamides is 2. The zero-order valence-corrected chi connectivity index (χ0v) is 23.4. The molecule has 0 radical (unpaired) electrons. The van der Waals surface area contributed by atoms with Gasteiger partial charge in [0.05, 0.1) is 25.0 Å². The Bertz CT molecular complexity index is 1340. The smallest absolute Gasteiger partial charge is 0.246 e. The number of piperidine rings is 2. The topological polar surface area (TPSA) is 122 Å². The Kier molecular flexibility index (Phi) is 8.96. The molecule has 38 heavy (non-hydrogen) atoms. The lowest BCUT2D eigenvalue weighted by atomic mass is 9.99. The molecule has 2 aliphatic rings. The van der Waals surface area contributed by atoms with E-state index in [0.717, 1.165) is 24.8 Å². The van der Waals surface area contributed by atoms with Gasteiger partial charge in [-0.05, 0) is 55.5 Å². The molecular weight excluding hydrogens is 530 g/mol. The molecule has 1 atom stereocenters. The predicted molar refractivity (Wildman–Crippen MR) is 142 cm³/mol. The van der Waals surface area contributed by atoms with Crippen LogP contribution < -0.4 is 14.8 Å². The summed E-state index contributed by atoms with van der Waals surface area (Å²) >= 11 is 0. The highest BCUT2D eigenvalue weighted by molar-refractivity contribution is 7.89. The monoisotopic (exact) mass is 565 g/mol. The quantitative estimate of drug-likeness (QED) is 0.496. The first-order valence-corrected chi connectivity index (χ1v) is 15.6. The number of rotatable bonds is 9. The zero-order valence-electron chi connectivity index (χ0n) is 21.8. The molecule has 0 aliphatic carbocycles. The minimum absolute atomic E-state index is 0.00000320. The van der Waals surface area contributed by atoms with Crippen LogP contribution in [0.15, 0.2) is 52.3 Å². The molecule has 2 heterocycles. The highest BCUT2D eigenvalue weighted by Crippen LogP contribution is 2.32. The van der Waals surface area contributed by atoms with Crippen LogP contribution in [0, 0.1) is 5.92 Å². The van der Waals surface area contributed by atoms with E-state index < -0.39 is 26.0 Å². The number of ether oxygens (including phenoxy) is 2. The van der Waals surface area contributed by atoms with Crippen molar-refractivity contribution >= 4 is 26.0 Å². The molecular formula is C26H35N3O7S2. The first-order valence-electron chi connectivity index (χ1n) is 12.8. The van der Waals surface area contributed by atoms with Crippen LogP contribution in [-0.4, -0.2) is 71.8 Å². The maximum absolute atomic E-state index is 13.4. The Morgan fingerprint density at radius 2 is 1.55 bits per heavy atom. The van der Waals surface area contributed by atoms with E-state index in [9.17, 15) is 21.6 Å². The van der Waals surface area contributed by atoms with Crippen LogP contribution in [0.3, 0.4) is 0 Å². The second-order valence-corrected chi connectivity index (χ2v) is 13.4. The van der Waals surface area contributed by atoms with Crippen molar-refractivity contribution in [2.24, 2.45) is 5.92 Å². The molecule has 2 fully saturated rings. The molecule has 0 aromatic heterocycles. The third kappa shape index (κ3) is 6.14.